The van der Waals surface area contributed by atoms with Crippen LogP contribution in [0.2, 0.25) is 0 Å². The summed E-state index contributed by atoms with van der Waals surface area (Å²) in [5.41, 5.74) is 0. The molecule has 1 fully saturated rings. The summed E-state index contributed by atoms with van der Waals surface area (Å²) in [4.78, 5) is 0. The fourth-order valence-corrected chi connectivity index (χ4v) is 4.18. The Morgan fingerprint density at radius 3 is 2.69 bits per heavy atom. The summed E-state index contributed by atoms with van der Waals surface area (Å²) in [7, 11) is 0. The van der Waals surface area contributed by atoms with E-state index in [2.05, 4.69) is 37.8 Å². The van der Waals surface area contributed by atoms with Crippen LogP contribution in [-0.2, 0) is 0 Å². The van der Waals surface area contributed by atoms with Gasteiger partial charge in [-0.05, 0) is 30.6 Å². The molecule has 0 aromatic carbocycles. The Morgan fingerprint density at radius 1 is 1.25 bits per heavy atom. The van der Waals surface area contributed by atoms with E-state index in [1.807, 2.05) is 0 Å². The molecule has 96 valence electrons. The Bertz CT molecular complexity index is 172. The van der Waals surface area contributed by atoms with E-state index in [-0.39, 0.29) is 0 Å². The van der Waals surface area contributed by atoms with Crippen LogP contribution in [0.25, 0.3) is 0 Å². The molecule has 0 amide bonds. The van der Waals surface area contributed by atoms with E-state index < -0.39 is 0 Å². The van der Waals surface area contributed by atoms with E-state index in [4.69, 9.17) is 0 Å². The minimum atomic E-state index is 0.797. The number of rotatable bonds is 8. The van der Waals surface area contributed by atoms with Gasteiger partial charge in [0.1, 0.15) is 0 Å². The number of nitrogens with one attached hydrogen (secondary N) is 1. The molecule has 0 aromatic heterocycles. The van der Waals surface area contributed by atoms with Crippen LogP contribution in [-0.4, -0.2) is 24.1 Å². The number of unbranched alkanes of at least 4 members (excludes halogenated alkanes) is 1. The third-order valence-corrected chi connectivity index (χ3v) is 5.10. The zero-order valence-electron chi connectivity index (χ0n) is 11.3. The smallest absolute Gasteiger partial charge is 0.0194 e. The summed E-state index contributed by atoms with van der Waals surface area (Å²) in [5, 5.41) is 3.66. The van der Waals surface area contributed by atoms with E-state index in [0.717, 1.165) is 24.4 Å². The van der Waals surface area contributed by atoms with E-state index in [1.54, 1.807) is 0 Å². The second kappa shape index (κ2) is 8.41. The molecule has 1 N–H and O–H groups in total. The van der Waals surface area contributed by atoms with Gasteiger partial charge in [-0.15, -0.1) is 0 Å². The van der Waals surface area contributed by atoms with Gasteiger partial charge in [-0.25, -0.2) is 0 Å². The van der Waals surface area contributed by atoms with Gasteiger partial charge in [-0.1, -0.05) is 46.5 Å². The maximum absolute atomic E-state index is 3.66. The quantitative estimate of drug-likeness (QED) is 0.693. The zero-order valence-corrected chi connectivity index (χ0v) is 12.1. The van der Waals surface area contributed by atoms with Crippen molar-refractivity contribution in [3.63, 3.8) is 0 Å². The normalized spacial score (nSPS) is 27.2. The first-order valence-corrected chi connectivity index (χ1v) is 8.28. The van der Waals surface area contributed by atoms with Crippen molar-refractivity contribution < 1.29 is 0 Å². The molecular formula is C14H29NS. The highest BCUT2D eigenvalue weighted by molar-refractivity contribution is 7.99. The van der Waals surface area contributed by atoms with Crippen LogP contribution >= 0.6 is 11.8 Å². The van der Waals surface area contributed by atoms with Crippen LogP contribution in [0, 0.1) is 11.8 Å². The molecule has 1 nitrogen and oxygen atoms in total. The second-order valence-electron chi connectivity index (χ2n) is 5.11. The Balaban J connectivity index is 2.31. The van der Waals surface area contributed by atoms with Gasteiger partial charge in [-0.2, -0.15) is 11.8 Å². The van der Waals surface area contributed by atoms with E-state index in [0.29, 0.717) is 0 Å². The molecule has 2 heteroatoms. The lowest BCUT2D eigenvalue weighted by molar-refractivity contribution is 0.314. The first kappa shape index (κ1) is 14.4. The molecule has 0 spiro atoms. The van der Waals surface area contributed by atoms with Crippen LogP contribution in [0.15, 0.2) is 0 Å². The minimum absolute atomic E-state index is 0.797. The molecule has 1 aliphatic rings. The Morgan fingerprint density at radius 2 is 2.06 bits per heavy atom. The molecule has 0 aromatic rings. The lowest BCUT2D eigenvalue weighted by Crippen LogP contribution is -2.36. The van der Waals surface area contributed by atoms with Crippen molar-refractivity contribution in [2.45, 2.75) is 58.9 Å². The van der Waals surface area contributed by atoms with Crippen LogP contribution < -0.4 is 5.32 Å². The molecule has 0 saturated carbocycles. The topological polar surface area (TPSA) is 12.0 Å². The number of hydrogen-bond acceptors (Lipinski definition) is 2. The molecule has 3 unspecified atom stereocenters. The van der Waals surface area contributed by atoms with Gasteiger partial charge in [-0.3, -0.25) is 0 Å². The van der Waals surface area contributed by atoms with Crippen molar-refractivity contribution in [1.82, 2.24) is 5.32 Å². The molecular weight excluding hydrogens is 214 g/mol. The first-order valence-electron chi connectivity index (χ1n) is 7.12. The fourth-order valence-electron chi connectivity index (χ4n) is 2.73. The molecule has 0 aliphatic carbocycles. The summed E-state index contributed by atoms with van der Waals surface area (Å²) in [6.07, 6.45) is 7.06. The maximum atomic E-state index is 3.66. The van der Waals surface area contributed by atoms with Crippen LogP contribution in [0.5, 0.6) is 0 Å². The van der Waals surface area contributed by atoms with Crippen molar-refractivity contribution in [3.8, 4) is 0 Å². The van der Waals surface area contributed by atoms with Gasteiger partial charge in [0, 0.05) is 11.8 Å². The molecule has 3 atom stereocenters. The van der Waals surface area contributed by atoms with Gasteiger partial charge in [0.15, 0.2) is 0 Å². The van der Waals surface area contributed by atoms with Crippen molar-refractivity contribution >= 4 is 11.8 Å². The van der Waals surface area contributed by atoms with Crippen molar-refractivity contribution in [2.24, 2.45) is 11.8 Å². The second-order valence-corrected chi connectivity index (χ2v) is 6.19. The molecule has 1 heterocycles. The summed E-state index contributed by atoms with van der Waals surface area (Å²) < 4.78 is 0. The lowest BCUT2D eigenvalue weighted by atomic mass is 9.86. The number of thioether (sulfide) groups is 1. The van der Waals surface area contributed by atoms with Gasteiger partial charge in [0.2, 0.25) is 0 Å². The summed E-state index contributed by atoms with van der Waals surface area (Å²) in [6, 6.07) is 0.797. The van der Waals surface area contributed by atoms with E-state index in [9.17, 15) is 0 Å². The minimum Gasteiger partial charge on any atom is -0.313 e. The SMILES string of the molecule is CCCCC(CC)CC1CSCC1NCC. The van der Waals surface area contributed by atoms with Crippen LogP contribution in [0.3, 0.4) is 0 Å². The third-order valence-electron chi connectivity index (χ3n) is 3.84. The zero-order chi connectivity index (χ0) is 11.8. The van der Waals surface area contributed by atoms with Gasteiger partial charge >= 0.3 is 0 Å². The average molecular weight is 243 g/mol. The maximum Gasteiger partial charge on any atom is 0.0194 e. The molecule has 0 radical (unpaired) electrons. The summed E-state index contributed by atoms with van der Waals surface area (Å²) >= 11 is 2.14. The third kappa shape index (κ3) is 4.67. The highest BCUT2D eigenvalue weighted by atomic mass is 32.2. The van der Waals surface area contributed by atoms with Gasteiger partial charge in [0.25, 0.3) is 0 Å². The van der Waals surface area contributed by atoms with Gasteiger partial charge < -0.3 is 5.32 Å². The fraction of sp³-hybridized carbons (Fsp3) is 1.00. The summed E-state index contributed by atoms with van der Waals surface area (Å²) in [5.74, 6) is 4.64. The van der Waals surface area contributed by atoms with Crippen molar-refractivity contribution in [1.29, 1.82) is 0 Å². The lowest BCUT2D eigenvalue weighted by Gasteiger charge is -2.24. The highest BCUT2D eigenvalue weighted by Crippen LogP contribution is 2.32. The largest absolute Gasteiger partial charge is 0.313 e. The molecule has 16 heavy (non-hydrogen) atoms. The molecule has 1 aliphatic heterocycles. The Hall–Kier alpha value is 0.310. The predicted octanol–water partition coefficient (Wildman–Crippen LogP) is 3.93. The van der Waals surface area contributed by atoms with Crippen LogP contribution in [0.4, 0.5) is 0 Å². The molecule has 1 saturated heterocycles. The monoisotopic (exact) mass is 243 g/mol. The predicted molar refractivity (Wildman–Crippen MR) is 76.2 cm³/mol. The standard InChI is InChI=1S/C14H29NS/c1-4-7-8-12(5-2)9-13-10-16-11-14(13)15-6-3/h12-15H,4-11H2,1-3H3. The van der Waals surface area contributed by atoms with Crippen molar-refractivity contribution in [2.75, 3.05) is 18.1 Å². The average Bonchev–Trinajstić information content (AvgIpc) is 2.72. The van der Waals surface area contributed by atoms with Crippen molar-refractivity contribution in [3.05, 3.63) is 0 Å². The van der Waals surface area contributed by atoms with Crippen LogP contribution in [0.1, 0.15) is 52.9 Å². The van der Waals surface area contributed by atoms with Gasteiger partial charge in [0.05, 0.1) is 0 Å². The first-order chi connectivity index (χ1) is 7.81. The molecule has 1 rings (SSSR count). The Kier molecular flexibility index (Phi) is 7.55. The Labute approximate surface area is 106 Å². The number of hydrogen-bond donors (Lipinski definition) is 1. The highest BCUT2D eigenvalue weighted by Gasteiger charge is 2.28. The summed E-state index contributed by atoms with van der Waals surface area (Å²) in [6.45, 7) is 8.03. The van der Waals surface area contributed by atoms with E-state index in [1.165, 1.54) is 43.6 Å². The molecule has 0 bridgehead atoms. The van der Waals surface area contributed by atoms with E-state index >= 15 is 0 Å².